The second kappa shape index (κ2) is 6.29. The van der Waals surface area contributed by atoms with Gasteiger partial charge in [-0.3, -0.25) is 0 Å². The summed E-state index contributed by atoms with van der Waals surface area (Å²) in [6, 6.07) is 15.9. The van der Waals surface area contributed by atoms with Crippen LogP contribution in [-0.2, 0) is 0 Å². The minimum atomic E-state index is -0.172. The molecule has 1 N–H and O–H groups in total. The molecule has 3 rings (SSSR count). The van der Waals surface area contributed by atoms with Crippen LogP contribution in [0.15, 0.2) is 53.0 Å². The zero-order chi connectivity index (χ0) is 14.8. The molecule has 2 aromatic carbocycles. The number of benzene rings is 2. The van der Waals surface area contributed by atoms with Gasteiger partial charge in [0, 0.05) is 16.6 Å². The lowest BCUT2D eigenvalue weighted by atomic mass is 9.99. The van der Waals surface area contributed by atoms with Crippen LogP contribution in [0.4, 0.5) is 4.39 Å². The number of hydrogen-bond donors (Lipinski definition) is 1. The number of nitrogens with one attached hydrogen (secondary N) is 1. The van der Waals surface area contributed by atoms with Gasteiger partial charge in [-0.05, 0) is 61.1 Å². The van der Waals surface area contributed by atoms with Crippen LogP contribution in [0.2, 0.25) is 0 Å². The van der Waals surface area contributed by atoms with Crippen molar-refractivity contribution >= 4 is 15.9 Å². The van der Waals surface area contributed by atoms with Crippen molar-refractivity contribution in [1.29, 1.82) is 0 Å². The Bertz CT molecular complexity index is 590. The Kier molecular flexibility index (Phi) is 4.41. The zero-order valence-electron chi connectivity index (χ0n) is 12.0. The maximum Gasteiger partial charge on any atom is 0.123 e. The molecule has 0 heterocycles. The van der Waals surface area contributed by atoms with Crippen LogP contribution < -0.4 is 5.32 Å². The van der Waals surface area contributed by atoms with E-state index in [1.54, 1.807) is 12.1 Å². The molecule has 1 unspecified atom stereocenters. The van der Waals surface area contributed by atoms with E-state index < -0.39 is 0 Å². The van der Waals surface area contributed by atoms with E-state index in [1.807, 2.05) is 12.1 Å². The van der Waals surface area contributed by atoms with Crippen LogP contribution in [0, 0.1) is 11.7 Å². The molecule has 0 radical (unpaired) electrons. The van der Waals surface area contributed by atoms with Crippen LogP contribution >= 0.6 is 15.9 Å². The van der Waals surface area contributed by atoms with Crippen molar-refractivity contribution in [2.24, 2.45) is 5.92 Å². The SMILES string of the molecule is C[C@@H](NC(c1ccc(F)cc1)C1CC1)c1ccc(Br)cc1. The highest BCUT2D eigenvalue weighted by Gasteiger charge is 2.33. The van der Waals surface area contributed by atoms with E-state index in [0.717, 1.165) is 4.47 Å². The molecule has 1 fully saturated rings. The normalized spacial score (nSPS) is 17.5. The third-order valence-electron chi connectivity index (χ3n) is 4.12. The van der Waals surface area contributed by atoms with Crippen LogP contribution in [-0.4, -0.2) is 0 Å². The number of halogens is 2. The summed E-state index contributed by atoms with van der Waals surface area (Å²) < 4.78 is 14.2. The fourth-order valence-electron chi connectivity index (χ4n) is 2.72. The predicted octanol–water partition coefficient (Wildman–Crippen LogP) is 5.39. The molecule has 2 atom stereocenters. The van der Waals surface area contributed by atoms with Crippen LogP contribution in [0.3, 0.4) is 0 Å². The summed E-state index contributed by atoms with van der Waals surface area (Å²) in [6.45, 7) is 2.18. The highest BCUT2D eigenvalue weighted by Crippen LogP contribution is 2.42. The molecule has 1 aliphatic carbocycles. The minimum absolute atomic E-state index is 0.172. The first kappa shape index (κ1) is 14.7. The summed E-state index contributed by atoms with van der Waals surface area (Å²) in [7, 11) is 0. The maximum atomic E-state index is 13.1. The van der Waals surface area contributed by atoms with Crippen molar-refractivity contribution in [3.8, 4) is 0 Å². The van der Waals surface area contributed by atoms with Crippen molar-refractivity contribution in [3.05, 3.63) is 69.9 Å². The largest absolute Gasteiger partial charge is 0.303 e. The van der Waals surface area contributed by atoms with Gasteiger partial charge < -0.3 is 5.32 Å². The Balaban J connectivity index is 1.76. The number of rotatable bonds is 5. The Morgan fingerprint density at radius 1 is 1.00 bits per heavy atom. The lowest BCUT2D eigenvalue weighted by Crippen LogP contribution is -2.26. The first-order chi connectivity index (χ1) is 10.1. The fourth-order valence-corrected chi connectivity index (χ4v) is 2.99. The molecule has 1 nitrogen and oxygen atoms in total. The maximum absolute atomic E-state index is 13.1. The summed E-state index contributed by atoms with van der Waals surface area (Å²) in [5.74, 6) is 0.502. The average Bonchev–Trinajstić information content (AvgIpc) is 3.31. The Labute approximate surface area is 133 Å². The first-order valence-electron chi connectivity index (χ1n) is 7.40. The summed E-state index contributed by atoms with van der Waals surface area (Å²) in [6.07, 6.45) is 2.50. The standard InChI is InChI=1S/C18H19BrFN/c1-12(13-4-8-16(19)9-5-13)21-18(14-2-3-14)15-6-10-17(20)11-7-15/h4-12,14,18,21H,2-3H2,1H3/t12-,18?/m1/s1. The van der Waals surface area contributed by atoms with Gasteiger partial charge in [-0.15, -0.1) is 0 Å². The minimum Gasteiger partial charge on any atom is -0.303 e. The highest BCUT2D eigenvalue weighted by molar-refractivity contribution is 9.10. The van der Waals surface area contributed by atoms with Gasteiger partial charge in [0.15, 0.2) is 0 Å². The van der Waals surface area contributed by atoms with Crippen LogP contribution in [0.5, 0.6) is 0 Å². The van der Waals surface area contributed by atoms with Crippen LogP contribution in [0.25, 0.3) is 0 Å². The Hall–Kier alpha value is -1.19. The molecule has 0 spiro atoms. The molecule has 1 aliphatic rings. The zero-order valence-corrected chi connectivity index (χ0v) is 13.6. The van der Waals surface area contributed by atoms with Gasteiger partial charge >= 0.3 is 0 Å². The molecule has 21 heavy (non-hydrogen) atoms. The Morgan fingerprint density at radius 2 is 1.57 bits per heavy atom. The molecule has 0 saturated heterocycles. The molecule has 3 heteroatoms. The molecule has 2 aromatic rings. The summed E-state index contributed by atoms with van der Waals surface area (Å²) >= 11 is 3.47. The summed E-state index contributed by atoms with van der Waals surface area (Å²) in [5.41, 5.74) is 2.45. The van der Waals surface area contributed by atoms with E-state index in [4.69, 9.17) is 0 Å². The number of hydrogen-bond acceptors (Lipinski definition) is 1. The van der Waals surface area contributed by atoms with Gasteiger partial charge in [-0.2, -0.15) is 0 Å². The van der Waals surface area contributed by atoms with Gasteiger partial charge in [-0.25, -0.2) is 4.39 Å². The van der Waals surface area contributed by atoms with Gasteiger partial charge in [0.05, 0.1) is 0 Å². The van der Waals surface area contributed by atoms with Crippen LogP contribution in [0.1, 0.15) is 43.0 Å². The lowest BCUT2D eigenvalue weighted by Gasteiger charge is -2.24. The fraction of sp³-hybridized carbons (Fsp3) is 0.333. The highest BCUT2D eigenvalue weighted by atomic mass is 79.9. The molecule has 0 amide bonds. The van der Waals surface area contributed by atoms with E-state index in [0.29, 0.717) is 12.0 Å². The average molecular weight is 348 g/mol. The van der Waals surface area contributed by atoms with E-state index in [-0.39, 0.29) is 11.9 Å². The molecular formula is C18H19BrFN. The monoisotopic (exact) mass is 347 g/mol. The summed E-state index contributed by atoms with van der Waals surface area (Å²) in [4.78, 5) is 0. The van der Waals surface area contributed by atoms with Gasteiger partial charge in [0.2, 0.25) is 0 Å². The van der Waals surface area contributed by atoms with E-state index >= 15 is 0 Å². The van der Waals surface area contributed by atoms with E-state index in [9.17, 15) is 4.39 Å². The van der Waals surface area contributed by atoms with Crippen molar-refractivity contribution in [3.63, 3.8) is 0 Å². The van der Waals surface area contributed by atoms with Gasteiger partial charge in [0.25, 0.3) is 0 Å². The van der Waals surface area contributed by atoms with Crippen molar-refractivity contribution in [2.75, 3.05) is 0 Å². The lowest BCUT2D eigenvalue weighted by molar-refractivity contribution is 0.427. The molecule has 110 valence electrons. The predicted molar refractivity (Wildman–Crippen MR) is 87.6 cm³/mol. The van der Waals surface area contributed by atoms with Crippen molar-refractivity contribution in [1.82, 2.24) is 5.32 Å². The van der Waals surface area contributed by atoms with Gasteiger partial charge in [-0.1, -0.05) is 40.2 Å². The molecule has 0 aliphatic heterocycles. The molecule has 1 saturated carbocycles. The third kappa shape index (κ3) is 3.72. The van der Waals surface area contributed by atoms with E-state index in [1.165, 1.54) is 24.0 Å². The molecule has 0 aromatic heterocycles. The molecule has 0 bridgehead atoms. The topological polar surface area (TPSA) is 12.0 Å². The van der Waals surface area contributed by atoms with Crippen molar-refractivity contribution in [2.45, 2.75) is 31.8 Å². The third-order valence-corrected chi connectivity index (χ3v) is 4.65. The smallest absolute Gasteiger partial charge is 0.123 e. The first-order valence-corrected chi connectivity index (χ1v) is 8.20. The summed E-state index contributed by atoms with van der Waals surface area (Å²) in [5, 5.41) is 3.71. The second-order valence-electron chi connectivity index (χ2n) is 5.81. The molecular weight excluding hydrogens is 329 g/mol. The quantitative estimate of drug-likeness (QED) is 0.764. The van der Waals surface area contributed by atoms with Crippen molar-refractivity contribution < 1.29 is 4.39 Å². The Morgan fingerprint density at radius 3 is 2.14 bits per heavy atom. The second-order valence-corrected chi connectivity index (χ2v) is 6.72. The van der Waals surface area contributed by atoms with Gasteiger partial charge in [0.1, 0.15) is 5.82 Å². The van der Waals surface area contributed by atoms with E-state index in [2.05, 4.69) is 52.4 Å².